The average molecular weight is 387 g/mol. The van der Waals surface area contributed by atoms with Gasteiger partial charge in [-0.15, -0.1) is 17.9 Å². The summed E-state index contributed by atoms with van der Waals surface area (Å²) in [6.07, 6.45) is 2.53. The molecule has 0 fully saturated rings. The number of nitrogens with zero attached hydrogens (tertiary/aromatic N) is 3. The molecule has 0 spiro atoms. The van der Waals surface area contributed by atoms with E-state index in [9.17, 15) is 14.9 Å². The van der Waals surface area contributed by atoms with Gasteiger partial charge in [0, 0.05) is 29.3 Å². The molecule has 2 aromatic heterocycles. The van der Waals surface area contributed by atoms with Gasteiger partial charge in [-0.2, -0.15) is 0 Å². The van der Waals surface area contributed by atoms with Crippen molar-refractivity contribution in [3.8, 4) is 0 Å². The second-order valence-corrected chi connectivity index (χ2v) is 7.66. The molecule has 26 heavy (non-hydrogen) atoms. The summed E-state index contributed by atoms with van der Waals surface area (Å²) in [6, 6.07) is 8.40. The largest absolute Gasteiger partial charge is 0.283 e. The van der Waals surface area contributed by atoms with Gasteiger partial charge in [0.05, 0.1) is 10.3 Å². The monoisotopic (exact) mass is 387 g/mol. The Morgan fingerprint density at radius 1 is 1.42 bits per heavy atom. The minimum atomic E-state index is -0.413. The van der Waals surface area contributed by atoms with E-state index < -0.39 is 4.92 Å². The Morgan fingerprint density at radius 2 is 2.23 bits per heavy atom. The Kier molecular flexibility index (Phi) is 5.53. The zero-order valence-corrected chi connectivity index (χ0v) is 15.8. The van der Waals surface area contributed by atoms with E-state index in [-0.39, 0.29) is 11.2 Å². The minimum absolute atomic E-state index is 0.0563. The summed E-state index contributed by atoms with van der Waals surface area (Å²) in [4.78, 5) is 29.8. The van der Waals surface area contributed by atoms with E-state index in [2.05, 4.69) is 11.6 Å². The van der Waals surface area contributed by atoms with E-state index in [1.165, 1.54) is 29.2 Å². The van der Waals surface area contributed by atoms with Crippen molar-refractivity contribution >= 4 is 39.0 Å². The van der Waals surface area contributed by atoms with Crippen molar-refractivity contribution in [1.29, 1.82) is 0 Å². The third-order valence-corrected chi connectivity index (χ3v) is 6.04. The number of benzene rings is 1. The molecule has 0 amide bonds. The number of nitro groups is 1. The summed E-state index contributed by atoms with van der Waals surface area (Å²) in [5, 5.41) is 12.1. The SMILES string of the molecule is C=CCn1c(SCc2cccc([N+](=O)[O-])c2)nc2sc(CC)cc2c1=O. The Balaban J connectivity index is 1.96. The maximum Gasteiger partial charge on any atom is 0.269 e. The van der Waals surface area contributed by atoms with Gasteiger partial charge in [-0.1, -0.05) is 36.9 Å². The first kappa shape index (κ1) is 18.3. The molecule has 2 heterocycles. The van der Waals surface area contributed by atoms with Gasteiger partial charge in [0.25, 0.3) is 11.2 Å². The van der Waals surface area contributed by atoms with E-state index >= 15 is 0 Å². The molecule has 0 saturated carbocycles. The fraction of sp³-hybridized carbons (Fsp3) is 0.222. The van der Waals surface area contributed by atoms with Crippen molar-refractivity contribution < 1.29 is 4.92 Å². The maximum atomic E-state index is 12.8. The molecule has 134 valence electrons. The number of aryl methyl sites for hydroxylation is 1. The molecule has 0 aliphatic heterocycles. The Labute approximate surface area is 158 Å². The summed E-state index contributed by atoms with van der Waals surface area (Å²) in [5.74, 6) is 0.489. The Bertz CT molecular complexity index is 1040. The van der Waals surface area contributed by atoms with Gasteiger partial charge in [0.1, 0.15) is 4.83 Å². The fourth-order valence-electron chi connectivity index (χ4n) is 2.53. The van der Waals surface area contributed by atoms with Crippen LogP contribution in [0.5, 0.6) is 0 Å². The van der Waals surface area contributed by atoms with E-state index in [1.54, 1.807) is 22.8 Å². The molecule has 0 bridgehead atoms. The molecule has 0 aliphatic carbocycles. The topological polar surface area (TPSA) is 78.0 Å². The lowest BCUT2D eigenvalue weighted by Crippen LogP contribution is -2.22. The van der Waals surface area contributed by atoms with Crippen molar-refractivity contribution in [3.05, 3.63) is 73.9 Å². The van der Waals surface area contributed by atoms with Crippen LogP contribution in [0.2, 0.25) is 0 Å². The van der Waals surface area contributed by atoms with Crippen LogP contribution < -0.4 is 5.56 Å². The van der Waals surface area contributed by atoms with Crippen molar-refractivity contribution in [2.24, 2.45) is 0 Å². The third kappa shape index (κ3) is 3.71. The van der Waals surface area contributed by atoms with Gasteiger partial charge in [-0.05, 0) is 18.1 Å². The number of allylic oxidation sites excluding steroid dienone is 1. The number of nitro benzene ring substituents is 1. The normalized spacial score (nSPS) is 11.0. The number of hydrogen-bond donors (Lipinski definition) is 0. The smallest absolute Gasteiger partial charge is 0.269 e. The number of rotatable bonds is 7. The molecular weight excluding hydrogens is 370 g/mol. The van der Waals surface area contributed by atoms with Crippen molar-refractivity contribution in [2.45, 2.75) is 30.8 Å². The van der Waals surface area contributed by atoms with E-state index in [4.69, 9.17) is 0 Å². The van der Waals surface area contributed by atoms with Crippen molar-refractivity contribution in [3.63, 3.8) is 0 Å². The highest BCUT2D eigenvalue weighted by Crippen LogP contribution is 2.27. The predicted molar refractivity (Wildman–Crippen MR) is 106 cm³/mol. The van der Waals surface area contributed by atoms with Crippen LogP contribution in [0.3, 0.4) is 0 Å². The van der Waals surface area contributed by atoms with Gasteiger partial charge in [-0.3, -0.25) is 19.5 Å². The van der Waals surface area contributed by atoms with E-state index in [0.29, 0.717) is 22.8 Å². The highest BCUT2D eigenvalue weighted by atomic mass is 32.2. The number of thioether (sulfide) groups is 1. The summed E-state index contributed by atoms with van der Waals surface area (Å²) in [5.41, 5.74) is 0.789. The summed E-state index contributed by atoms with van der Waals surface area (Å²) >= 11 is 2.92. The summed E-state index contributed by atoms with van der Waals surface area (Å²) in [7, 11) is 0. The summed E-state index contributed by atoms with van der Waals surface area (Å²) < 4.78 is 1.60. The lowest BCUT2D eigenvalue weighted by atomic mass is 10.2. The average Bonchev–Trinajstić information content (AvgIpc) is 3.06. The molecule has 3 aromatic rings. The standard InChI is InChI=1S/C18H17N3O3S2/c1-3-8-20-17(22)15-10-14(4-2)26-16(15)19-18(20)25-11-12-6-5-7-13(9-12)21(23)24/h3,5-7,9-10H,1,4,8,11H2,2H3. The molecule has 0 radical (unpaired) electrons. The van der Waals surface area contributed by atoms with Crippen LogP contribution in [0.4, 0.5) is 5.69 Å². The van der Waals surface area contributed by atoms with Crippen LogP contribution in [0, 0.1) is 10.1 Å². The van der Waals surface area contributed by atoms with E-state index in [1.807, 2.05) is 19.1 Å². The zero-order chi connectivity index (χ0) is 18.7. The molecule has 0 atom stereocenters. The van der Waals surface area contributed by atoms with Crippen LogP contribution in [0.1, 0.15) is 17.4 Å². The highest BCUT2D eigenvalue weighted by molar-refractivity contribution is 7.98. The first-order chi connectivity index (χ1) is 12.5. The lowest BCUT2D eigenvalue weighted by molar-refractivity contribution is -0.384. The Morgan fingerprint density at radius 3 is 2.92 bits per heavy atom. The molecule has 0 aliphatic rings. The molecule has 6 nitrogen and oxygen atoms in total. The highest BCUT2D eigenvalue weighted by Gasteiger charge is 2.14. The molecule has 8 heteroatoms. The molecular formula is C18H17N3O3S2. The fourth-order valence-corrected chi connectivity index (χ4v) is 4.49. The number of thiophene rings is 1. The Hall–Kier alpha value is -2.45. The first-order valence-electron chi connectivity index (χ1n) is 8.03. The zero-order valence-electron chi connectivity index (χ0n) is 14.2. The first-order valence-corrected chi connectivity index (χ1v) is 9.84. The van der Waals surface area contributed by atoms with Crippen LogP contribution in [0.15, 0.2) is 52.9 Å². The molecule has 1 aromatic carbocycles. The second-order valence-electron chi connectivity index (χ2n) is 5.60. The quantitative estimate of drug-likeness (QED) is 0.197. The van der Waals surface area contributed by atoms with Crippen LogP contribution in [-0.4, -0.2) is 14.5 Å². The number of hydrogen-bond acceptors (Lipinski definition) is 6. The second kappa shape index (κ2) is 7.84. The van der Waals surface area contributed by atoms with Gasteiger partial charge in [0.2, 0.25) is 0 Å². The number of fused-ring (bicyclic) bond motifs is 1. The predicted octanol–water partition coefficient (Wildman–Crippen LogP) is 4.41. The summed E-state index contributed by atoms with van der Waals surface area (Å²) in [6.45, 7) is 6.14. The van der Waals surface area contributed by atoms with Crippen molar-refractivity contribution in [1.82, 2.24) is 9.55 Å². The van der Waals surface area contributed by atoms with Crippen molar-refractivity contribution in [2.75, 3.05) is 0 Å². The molecule has 0 N–H and O–H groups in total. The number of non-ortho nitro benzene ring substituents is 1. The van der Waals surface area contributed by atoms with Gasteiger partial charge >= 0.3 is 0 Å². The van der Waals surface area contributed by atoms with E-state index in [0.717, 1.165) is 21.7 Å². The lowest BCUT2D eigenvalue weighted by Gasteiger charge is -2.10. The third-order valence-electron chi connectivity index (χ3n) is 3.82. The van der Waals surface area contributed by atoms with Gasteiger partial charge in [0.15, 0.2) is 5.16 Å². The maximum absolute atomic E-state index is 12.8. The number of aromatic nitrogens is 2. The van der Waals surface area contributed by atoms with Gasteiger partial charge < -0.3 is 0 Å². The van der Waals surface area contributed by atoms with Crippen LogP contribution >= 0.6 is 23.1 Å². The molecule has 3 rings (SSSR count). The molecule has 0 unspecified atom stereocenters. The molecule has 0 saturated heterocycles. The van der Waals surface area contributed by atoms with Crippen LogP contribution in [-0.2, 0) is 18.7 Å². The van der Waals surface area contributed by atoms with Gasteiger partial charge in [-0.25, -0.2) is 4.98 Å². The minimum Gasteiger partial charge on any atom is -0.283 e. The van der Waals surface area contributed by atoms with Crippen LogP contribution in [0.25, 0.3) is 10.2 Å².